The van der Waals surface area contributed by atoms with Gasteiger partial charge in [0.15, 0.2) is 0 Å². The lowest BCUT2D eigenvalue weighted by Crippen LogP contribution is -2.53. The summed E-state index contributed by atoms with van der Waals surface area (Å²) in [6.07, 6.45) is 4.60. The van der Waals surface area contributed by atoms with Crippen LogP contribution in [0.5, 0.6) is 0 Å². The average molecular weight is 321 g/mol. The van der Waals surface area contributed by atoms with E-state index >= 15 is 0 Å². The Morgan fingerprint density at radius 1 is 1.14 bits per heavy atom. The van der Waals surface area contributed by atoms with E-state index in [0.717, 1.165) is 31.6 Å². The fraction of sp³-hybridized carbons (Fsp3) is 0.375. The third-order valence-corrected chi connectivity index (χ3v) is 3.76. The number of hydrogen-bond acceptors (Lipinski definition) is 5. The zero-order chi connectivity index (χ0) is 14.5. The van der Waals surface area contributed by atoms with Gasteiger partial charge in [0.25, 0.3) is 0 Å². The van der Waals surface area contributed by atoms with Gasteiger partial charge in [-0.05, 0) is 11.1 Å². The van der Waals surface area contributed by atoms with E-state index < -0.39 is 0 Å². The molecule has 0 saturated carbocycles. The topological polar surface area (TPSA) is 61.3 Å². The Labute approximate surface area is 136 Å². The lowest BCUT2D eigenvalue weighted by Gasteiger charge is -2.35. The van der Waals surface area contributed by atoms with Gasteiger partial charge >= 0.3 is 0 Å². The maximum Gasteiger partial charge on any atom is 0.225 e. The molecule has 118 valence electrons. The van der Waals surface area contributed by atoms with Crippen LogP contribution in [0.3, 0.4) is 0 Å². The van der Waals surface area contributed by atoms with Crippen LogP contribution in [0.2, 0.25) is 0 Å². The molecule has 2 aromatic rings. The molecular formula is C16H21ClN4O. The molecule has 3 rings (SSSR count). The summed E-state index contributed by atoms with van der Waals surface area (Å²) in [4.78, 5) is 11.0. The minimum atomic E-state index is 0. The van der Waals surface area contributed by atoms with Gasteiger partial charge in [-0.15, -0.1) is 12.4 Å². The van der Waals surface area contributed by atoms with Gasteiger partial charge in [-0.3, -0.25) is 0 Å². The number of piperazine rings is 1. The summed E-state index contributed by atoms with van der Waals surface area (Å²) in [6.45, 7) is 2.60. The molecule has 0 amide bonds. The van der Waals surface area contributed by atoms with E-state index in [1.807, 2.05) is 30.6 Å². The van der Waals surface area contributed by atoms with Crippen LogP contribution in [0.4, 0.5) is 5.95 Å². The molecule has 0 spiro atoms. The van der Waals surface area contributed by atoms with Gasteiger partial charge in [0.05, 0.1) is 12.6 Å². The van der Waals surface area contributed by atoms with Crippen molar-refractivity contribution < 1.29 is 5.11 Å². The predicted molar refractivity (Wildman–Crippen MR) is 89.6 cm³/mol. The first-order valence-corrected chi connectivity index (χ1v) is 7.30. The molecule has 2 N–H and O–H groups in total. The van der Waals surface area contributed by atoms with Gasteiger partial charge in [-0.2, -0.15) is 0 Å². The molecule has 2 heterocycles. The number of aliphatic hydroxyl groups is 1. The zero-order valence-electron chi connectivity index (χ0n) is 12.4. The summed E-state index contributed by atoms with van der Waals surface area (Å²) < 4.78 is 0. The zero-order valence-corrected chi connectivity index (χ0v) is 13.2. The molecule has 1 saturated heterocycles. The van der Waals surface area contributed by atoms with Crippen LogP contribution in [0.15, 0.2) is 42.7 Å². The molecule has 0 bridgehead atoms. The summed E-state index contributed by atoms with van der Waals surface area (Å²) in [5.74, 6) is 0.701. The van der Waals surface area contributed by atoms with E-state index in [9.17, 15) is 5.11 Å². The number of rotatable bonds is 4. The van der Waals surface area contributed by atoms with Crippen molar-refractivity contribution in [2.75, 3.05) is 31.1 Å². The third kappa shape index (κ3) is 3.94. The number of aromatic nitrogens is 2. The summed E-state index contributed by atoms with van der Waals surface area (Å²) in [5.41, 5.74) is 2.35. The molecule has 0 radical (unpaired) electrons. The normalized spacial score (nSPS) is 17.9. The van der Waals surface area contributed by atoms with Crippen molar-refractivity contribution in [3.63, 3.8) is 0 Å². The van der Waals surface area contributed by atoms with Gasteiger partial charge in [0, 0.05) is 38.4 Å². The molecular weight excluding hydrogens is 300 g/mol. The van der Waals surface area contributed by atoms with Crippen LogP contribution in [0, 0.1) is 0 Å². The molecule has 1 aromatic carbocycles. The van der Waals surface area contributed by atoms with Crippen molar-refractivity contribution in [1.29, 1.82) is 0 Å². The van der Waals surface area contributed by atoms with Crippen molar-refractivity contribution >= 4 is 18.4 Å². The minimum Gasteiger partial charge on any atom is -0.394 e. The summed E-state index contributed by atoms with van der Waals surface area (Å²) >= 11 is 0. The number of nitrogens with one attached hydrogen (secondary N) is 1. The molecule has 1 unspecified atom stereocenters. The first kappa shape index (κ1) is 16.7. The maximum atomic E-state index is 9.43. The Morgan fingerprint density at radius 2 is 1.86 bits per heavy atom. The molecule has 5 nitrogen and oxygen atoms in total. The Balaban J connectivity index is 0.00000176. The Kier molecular flexibility index (Phi) is 6.12. The number of nitrogens with zero attached hydrogens (tertiary/aromatic N) is 3. The van der Waals surface area contributed by atoms with Crippen LogP contribution in [0.1, 0.15) is 11.1 Å². The average Bonchev–Trinajstić information content (AvgIpc) is 2.56. The standard InChI is InChI=1S/C16H20N4O.ClH/c21-12-15-11-17-6-7-20(15)16-18-9-14(10-19-16)8-13-4-2-1-3-5-13;/h1-5,9-10,15,17,21H,6-8,11-12H2;1H. The molecule has 1 atom stereocenters. The number of halogens is 1. The second-order valence-corrected chi connectivity index (χ2v) is 5.29. The molecule has 6 heteroatoms. The summed E-state index contributed by atoms with van der Waals surface area (Å²) in [7, 11) is 0. The van der Waals surface area contributed by atoms with Crippen LogP contribution >= 0.6 is 12.4 Å². The van der Waals surface area contributed by atoms with Crippen LogP contribution < -0.4 is 10.2 Å². The highest BCUT2D eigenvalue weighted by molar-refractivity contribution is 5.85. The SMILES string of the molecule is Cl.OCC1CNCCN1c1ncc(Cc2ccccc2)cn1. The van der Waals surface area contributed by atoms with Crippen LogP contribution in [0.25, 0.3) is 0 Å². The fourth-order valence-electron chi connectivity index (χ4n) is 2.61. The molecule has 1 aliphatic heterocycles. The minimum absolute atomic E-state index is 0. The van der Waals surface area contributed by atoms with E-state index in [-0.39, 0.29) is 25.1 Å². The van der Waals surface area contributed by atoms with E-state index in [2.05, 4.69) is 32.3 Å². The predicted octanol–water partition coefficient (Wildman–Crippen LogP) is 1.26. The molecule has 22 heavy (non-hydrogen) atoms. The number of anilines is 1. The van der Waals surface area contributed by atoms with Crippen molar-refractivity contribution in [2.24, 2.45) is 0 Å². The summed E-state index contributed by atoms with van der Waals surface area (Å²) in [6, 6.07) is 10.4. The van der Waals surface area contributed by atoms with Crippen molar-refractivity contribution in [3.05, 3.63) is 53.9 Å². The lowest BCUT2D eigenvalue weighted by molar-refractivity contribution is 0.245. The Morgan fingerprint density at radius 3 is 2.55 bits per heavy atom. The van der Waals surface area contributed by atoms with E-state index in [1.165, 1.54) is 5.56 Å². The largest absolute Gasteiger partial charge is 0.394 e. The van der Waals surface area contributed by atoms with E-state index in [4.69, 9.17) is 0 Å². The smallest absolute Gasteiger partial charge is 0.225 e. The van der Waals surface area contributed by atoms with Gasteiger partial charge in [-0.25, -0.2) is 9.97 Å². The van der Waals surface area contributed by atoms with Gasteiger partial charge < -0.3 is 15.3 Å². The fourth-order valence-corrected chi connectivity index (χ4v) is 2.61. The Hall–Kier alpha value is -1.69. The number of aliphatic hydroxyl groups excluding tert-OH is 1. The quantitative estimate of drug-likeness (QED) is 0.888. The Bertz CT molecular complexity index is 564. The van der Waals surface area contributed by atoms with Gasteiger partial charge in [0.1, 0.15) is 0 Å². The molecule has 1 aliphatic rings. The lowest BCUT2D eigenvalue weighted by atomic mass is 10.1. The van der Waals surface area contributed by atoms with Crippen molar-refractivity contribution in [2.45, 2.75) is 12.5 Å². The van der Waals surface area contributed by atoms with Crippen LogP contribution in [-0.4, -0.2) is 47.4 Å². The molecule has 0 aliphatic carbocycles. The van der Waals surface area contributed by atoms with Crippen molar-refractivity contribution in [3.8, 4) is 0 Å². The number of hydrogen-bond donors (Lipinski definition) is 2. The van der Waals surface area contributed by atoms with Gasteiger partial charge in [0.2, 0.25) is 5.95 Å². The highest BCUT2D eigenvalue weighted by Crippen LogP contribution is 2.14. The second-order valence-electron chi connectivity index (χ2n) is 5.29. The van der Waals surface area contributed by atoms with Gasteiger partial charge in [-0.1, -0.05) is 30.3 Å². The highest BCUT2D eigenvalue weighted by atomic mass is 35.5. The molecule has 1 aromatic heterocycles. The first-order chi connectivity index (χ1) is 10.4. The third-order valence-electron chi connectivity index (χ3n) is 3.76. The maximum absolute atomic E-state index is 9.43. The second kappa shape index (κ2) is 8.08. The highest BCUT2D eigenvalue weighted by Gasteiger charge is 2.23. The molecule has 1 fully saturated rings. The van der Waals surface area contributed by atoms with Crippen LogP contribution in [-0.2, 0) is 6.42 Å². The first-order valence-electron chi connectivity index (χ1n) is 7.30. The van der Waals surface area contributed by atoms with Crippen molar-refractivity contribution in [1.82, 2.24) is 15.3 Å². The van der Waals surface area contributed by atoms with E-state index in [1.54, 1.807) is 0 Å². The summed E-state index contributed by atoms with van der Waals surface area (Å²) in [5, 5.41) is 12.7. The van der Waals surface area contributed by atoms with E-state index in [0.29, 0.717) is 5.95 Å². The monoisotopic (exact) mass is 320 g/mol. The number of benzene rings is 1.